The molecule has 0 amide bonds. The SMILES string of the molecule is CCCCCCCCCCCC.O=S(=O)(O)O.[H-].[H-].[H-].[Na+].[Na+].[Na+]. The summed E-state index contributed by atoms with van der Waals surface area (Å²) in [7, 11) is -4.67. The van der Waals surface area contributed by atoms with Crippen molar-refractivity contribution >= 4 is 10.4 Å². The van der Waals surface area contributed by atoms with E-state index in [2.05, 4.69) is 13.8 Å². The van der Waals surface area contributed by atoms with Crippen LogP contribution in [0.5, 0.6) is 0 Å². The monoisotopic (exact) mass is 340 g/mol. The van der Waals surface area contributed by atoms with Crippen LogP contribution in [-0.2, 0) is 10.4 Å². The van der Waals surface area contributed by atoms with E-state index in [1.807, 2.05) is 0 Å². The smallest absolute Gasteiger partial charge is 1.00 e. The van der Waals surface area contributed by atoms with Crippen LogP contribution in [0, 0.1) is 0 Å². The Labute approximate surface area is 196 Å². The molecule has 0 heterocycles. The van der Waals surface area contributed by atoms with Crippen LogP contribution in [0.25, 0.3) is 0 Å². The first-order chi connectivity index (χ1) is 7.91. The molecule has 20 heavy (non-hydrogen) atoms. The van der Waals surface area contributed by atoms with E-state index in [-0.39, 0.29) is 93.0 Å². The average molecular weight is 340 g/mol. The van der Waals surface area contributed by atoms with E-state index in [1.54, 1.807) is 0 Å². The molecular weight excluding hydrogens is 309 g/mol. The van der Waals surface area contributed by atoms with Crippen molar-refractivity contribution in [3.05, 3.63) is 0 Å². The molecule has 0 radical (unpaired) electrons. The molecule has 0 aromatic carbocycles. The minimum atomic E-state index is -4.67. The van der Waals surface area contributed by atoms with Crippen LogP contribution < -0.4 is 88.7 Å². The third-order valence-corrected chi connectivity index (χ3v) is 2.46. The average Bonchev–Trinajstić information content (AvgIpc) is 2.20. The van der Waals surface area contributed by atoms with Crippen LogP contribution in [0.2, 0.25) is 0 Å². The molecule has 0 atom stereocenters. The molecule has 0 saturated carbocycles. The van der Waals surface area contributed by atoms with Gasteiger partial charge in [-0.3, -0.25) is 9.11 Å². The molecule has 0 aliphatic heterocycles. The normalized spacial score (nSPS) is 9.20. The summed E-state index contributed by atoms with van der Waals surface area (Å²) in [5.41, 5.74) is 0. The van der Waals surface area contributed by atoms with Gasteiger partial charge in [0.05, 0.1) is 0 Å². The fourth-order valence-electron chi connectivity index (χ4n) is 1.56. The first-order valence-electron chi connectivity index (χ1n) is 6.61. The standard InChI is InChI=1S/C12H26.3Na.H2O4S.3H/c1-3-5-7-9-11-12-10-8-6-4-2;;;;1-5(2,3)4;;;/h3-12H2,1-2H3;;;;(H2,1,2,3,4);;;/q;3*+1;;3*-1. The van der Waals surface area contributed by atoms with Crippen molar-refractivity contribution in [2.24, 2.45) is 0 Å². The van der Waals surface area contributed by atoms with Gasteiger partial charge < -0.3 is 4.28 Å². The Balaban J connectivity index is -0.0000000306. The third kappa shape index (κ3) is 58.5. The third-order valence-electron chi connectivity index (χ3n) is 2.46. The number of rotatable bonds is 9. The molecule has 0 saturated heterocycles. The Kier molecular flexibility index (Phi) is 45.8. The molecule has 112 valence electrons. The zero-order valence-corrected chi connectivity index (χ0v) is 21.0. The number of hydrogen-bond donors (Lipinski definition) is 2. The fourth-order valence-corrected chi connectivity index (χ4v) is 1.56. The quantitative estimate of drug-likeness (QED) is 0.253. The molecule has 0 spiro atoms. The Morgan fingerprint density at radius 1 is 0.650 bits per heavy atom. The fraction of sp³-hybridized carbons (Fsp3) is 1.00. The van der Waals surface area contributed by atoms with Gasteiger partial charge in [0.25, 0.3) is 0 Å². The summed E-state index contributed by atoms with van der Waals surface area (Å²) in [5.74, 6) is 0. The van der Waals surface area contributed by atoms with E-state index in [9.17, 15) is 0 Å². The molecular formula is C12H31Na3O4S. The van der Waals surface area contributed by atoms with Crippen LogP contribution >= 0.6 is 0 Å². The van der Waals surface area contributed by atoms with Crippen molar-refractivity contribution < 1.29 is 110 Å². The van der Waals surface area contributed by atoms with Gasteiger partial charge in [-0.05, 0) is 0 Å². The van der Waals surface area contributed by atoms with Gasteiger partial charge in [0.2, 0.25) is 0 Å². The first kappa shape index (κ1) is 34.3. The minimum Gasteiger partial charge on any atom is -1.00 e. The molecule has 0 aliphatic rings. The van der Waals surface area contributed by atoms with Gasteiger partial charge in [-0.25, -0.2) is 0 Å². The number of unbranched alkanes of at least 4 members (excludes halogenated alkanes) is 9. The van der Waals surface area contributed by atoms with Gasteiger partial charge in [-0.15, -0.1) is 0 Å². The van der Waals surface area contributed by atoms with Crippen LogP contribution in [0.15, 0.2) is 0 Å². The summed E-state index contributed by atoms with van der Waals surface area (Å²) in [6, 6.07) is 0. The molecule has 0 fully saturated rings. The molecule has 8 heteroatoms. The van der Waals surface area contributed by atoms with Crippen LogP contribution in [0.3, 0.4) is 0 Å². The Morgan fingerprint density at radius 2 is 0.800 bits per heavy atom. The second kappa shape index (κ2) is 26.8. The van der Waals surface area contributed by atoms with Crippen LogP contribution in [0.1, 0.15) is 82.3 Å². The van der Waals surface area contributed by atoms with Crippen molar-refractivity contribution in [3.63, 3.8) is 0 Å². The summed E-state index contributed by atoms with van der Waals surface area (Å²) in [4.78, 5) is 0. The van der Waals surface area contributed by atoms with Crippen molar-refractivity contribution in [2.45, 2.75) is 78.1 Å². The van der Waals surface area contributed by atoms with Gasteiger partial charge in [0, 0.05) is 0 Å². The van der Waals surface area contributed by atoms with Gasteiger partial charge in [-0.1, -0.05) is 78.1 Å². The topological polar surface area (TPSA) is 74.6 Å². The predicted molar refractivity (Wildman–Crippen MR) is 75.0 cm³/mol. The van der Waals surface area contributed by atoms with E-state index in [0.717, 1.165) is 0 Å². The molecule has 0 unspecified atom stereocenters. The Hall–Kier alpha value is 2.87. The molecule has 0 rings (SSSR count). The van der Waals surface area contributed by atoms with Crippen molar-refractivity contribution in [1.29, 1.82) is 0 Å². The Morgan fingerprint density at radius 3 is 0.950 bits per heavy atom. The van der Waals surface area contributed by atoms with Crippen molar-refractivity contribution in [1.82, 2.24) is 0 Å². The molecule has 0 aromatic heterocycles. The maximum absolute atomic E-state index is 8.74. The van der Waals surface area contributed by atoms with E-state index in [1.165, 1.54) is 64.2 Å². The van der Waals surface area contributed by atoms with Gasteiger partial charge in [0.15, 0.2) is 0 Å². The number of hydrogen-bond acceptors (Lipinski definition) is 2. The summed E-state index contributed by atoms with van der Waals surface area (Å²) >= 11 is 0. The summed E-state index contributed by atoms with van der Waals surface area (Å²) in [6.45, 7) is 4.56. The van der Waals surface area contributed by atoms with E-state index in [4.69, 9.17) is 17.5 Å². The molecule has 2 N–H and O–H groups in total. The van der Waals surface area contributed by atoms with E-state index in [0.29, 0.717) is 0 Å². The maximum atomic E-state index is 8.74. The van der Waals surface area contributed by atoms with Crippen LogP contribution in [0.4, 0.5) is 0 Å². The second-order valence-corrected chi connectivity index (χ2v) is 5.17. The Bertz CT molecular complexity index is 232. The maximum Gasteiger partial charge on any atom is 1.00 e. The van der Waals surface area contributed by atoms with Crippen molar-refractivity contribution in [2.75, 3.05) is 0 Å². The molecule has 4 nitrogen and oxygen atoms in total. The zero-order valence-electron chi connectivity index (χ0n) is 17.2. The predicted octanol–water partition coefficient (Wildman–Crippen LogP) is -4.38. The summed E-state index contributed by atoms with van der Waals surface area (Å²) in [5, 5.41) is 0. The van der Waals surface area contributed by atoms with Gasteiger partial charge in [-0.2, -0.15) is 8.42 Å². The van der Waals surface area contributed by atoms with Gasteiger partial charge >= 0.3 is 99.1 Å². The van der Waals surface area contributed by atoms with Gasteiger partial charge in [0.1, 0.15) is 0 Å². The molecule has 0 aromatic rings. The molecule has 0 aliphatic carbocycles. The largest absolute Gasteiger partial charge is 1.00 e. The second-order valence-electron chi connectivity index (χ2n) is 4.28. The molecule has 0 bridgehead atoms. The van der Waals surface area contributed by atoms with E-state index < -0.39 is 10.4 Å². The van der Waals surface area contributed by atoms with E-state index >= 15 is 0 Å². The summed E-state index contributed by atoms with van der Waals surface area (Å²) in [6.07, 6.45) is 14.4. The summed E-state index contributed by atoms with van der Waals surface area (Å²) < 4.78 is 31.6. The first-order valence-corrected chi connectivity index (χ1v) is 8.01. The minimum absolute atomic E-state index is 0. The van der Waals surface area contributed by atoms with Crippen LogP contribution in [-0.4, -0.2) is 17.5 Å². The van der Waals surface area contributed by atoms with Crippen molar-refractivity contribution in [3.8, 4) is 0 Å². The zero-order chi connectivity index (χ0) is 13.6.